The highest BCUT2D eigenvalue weighted by Crippen LogP contribution is 2.14. The third-order valence-corrected chi connectivity index (χ3v) is 6.64. The number of carbonyl (C=O) groups is 1. The van der Waals surface area contributed by atoms with Gasteiger partial charge in [-0.3, -0.25) is 4.79 Å². The summed E-state index contributed by atoms with van der Waals surface area (Å²) in [5, 5.41) is 32.7. The van der Waals surface area contributed by atoms with Crippen LogP contribution in [0, 0.1) is 0 Å². The molecule has 3 atom stereocenters. The molecule has 0 bridgehead atoms. The van der Waals surface area contributed by atoms with E-state index < -0.39 is 24.2 Å². The molecule has 0 saturated heterocycles. The topological polar surface area (TPSA) is 89.8 Å². The molecule has 0 fully saturated rings. The van der Waals surface area contributed by atoms with E-state index in [1.807, 2.05) is 6.08 Å². The van der Waals surface area contributed by atoms with Gasteiger partial charge in [0.2, 0.25) is 5.91 Å². The first-order valence-electron chi connectivity index (χ1n) is 14.5. The Morgan fingerprint density at radius 1 is 0.676 bits per heavy atom. The highest BCUT2D eigenvalue weighted by Gasteiger charge is 2.23. The van der Waals surface area contributed by atoms with E-state index in [1.165, 1.54) is 89.9 Å². The Bertz CT molecular complexity index is 469. The molecule has 5 heteroatoms. The molecule has 0 aliphatic heterocycles. The summed E-state index contributed by atoms with van der Waals surface area (Å²) in [6.07, 6.45) is 24.9. The molecule has 34 heavy (non-hydrogen) atoms. The number of allylic oxidation sites excluding steroid dienone is 2. The van der Waals surface area contributed by atoms with E-state index in [2.05, 4.69) is 25.2 Å². The number of carbonyl (C=O) groups excluding carboxylic acids is 1. The van der Waals surface area contributed by atoms with Gasteiger partial charge in [-0.15, -0.1) is 0 Å². The molecule has 0 aromatic carbocycles. The highest BCUT2D eigenvalue weighted by atomic mass is 16.3. The van der Waals surface area contributed by atoms with Crippen LogP contribution >= 0.6 is 0 Å². The van der Waals surface area contributed by atoms with Crippen LogP contribution in [0.3, 0.4) is 0 Å². The van der Waals surface area contributed by atoms with Crippen LogP contribution in [0.15, 0.2) is 12.2 Å². The number of amides is 1. The summed E-state index contributed by atoms with van der Waals surface area (Å²) in [4.78, 5) is 12.2. The number of hydrogen-bond acceptors (Lipinski definition) is 4. The van der Waals surface area contributed by atoms with Crippen LogP contribution < -0.4 is 5.32 Å². The maximum absolute atomic E-state index is 12.2. The van der Waals surface area contributed by atoms with Crippen molar-refractivity contribution in [3.63, 3.8) is 0 Å². The van der Waals surface area contributed by atoms with Crippen LogP contribution in [0.1, 0.15) is 142 Å². The van der Waals surface area contributed by atoms with Crippen LogP contribution in [-0.4, -0.2) is 46.1 Å². The maximum atomic E-state index is 12.2. The van der Waals surface area contributed by atoms with Gasteiger partial charge >= 0.3 is 0 Å². The molecule has 0 aliphatic carbocycles. The van der Waals surface area contributed by atoms with Gasteiger partial charge in [0.25, 0.3) is 0 Å². The van der Waals surface area contributed by atoms with Gasteiger partial charge < -0.3 is 20.6 Å². The number of nitrogens with one attached hydrogen (secondary N) is 1. The molecule has 0 aliphatic rings. The van der Waals surface area contributed by atoms with Crippen molar-refractivity contribution in [2.75, 3.05) is 6.61 Å². The third-order valence-electron chi connectivity index (χ3n) is 6.64. The van der Waals surface area contributed by atoms with Crippen molar-refractivity contribution >= 4 is 5.91 Å². The fraction of sp³-hybridized carbons (Fsp3) is 0.897. The first kappa shape index (κ1) is 33.1. The molecule has 0 radical (unpaired) electrons. The van der Waals surface area contributed by atoms with Crippen molar-refractivity contribution in [2.24, 2.45) is 0 Å². The number of aliphatic hydroxyl groups excluding tert-OH is 3. The van der Waals surface area contributed by atoms with Crippen molar-refractivity contribution in [3.05, 3.63) is 12.2 Å². The average Bonchev–Trinajstić information content (AvgIpc) is 2.84. The van der Waals surface area contributed by atoms with E-state index in [4.69, 9.17) is 0 Å². The van der Waals surface area contributed by atoms with Gasteiger partial charge in [-0.25, -0.2) is 0 Å². The maximum Gasteiger partial charge on any atom is 0.249 e. The van der Waals surface area contributed by atoms with E-state index >= 15 is 0 Å². The van der Waals surface area contributed by atoms with Gasteiger partial charge in [0, 0.05) is 0 Å². The van der Waals surface area contributed by atoms with Crippen molar-refractivity contribution < 1.29 is 20.1 Å². The quantitative estimate of drug-likeness (QED) is 0.0871. The lowest BCUT2D eigenvalue weighted by Crippen LogP contribution is -2.49. The zero-order valence-electron chi connectivity index (χ0n) is 22.5. The zero-order chi connectivity index (χ0) is 25.3. The van der Waals surface area contributed by atoms with Crippen molar-refractivity contribution in [1.29, 1.82) is 0 Å². The smallest absolute Gasteiger partial charge is 0.249 e. The molecule has 0 spiro atoms. The Balaban J connectivity index is 3.81. The molecular formula is C29H57NO4. The van der Waals surface area contributed by atoms with E-state index in [9.17, 15) is 20.1 Å². The van der Waals surface area contributed by atoms with Gasteiger partial charge in [0.05, 0.1) is 18.8 Å². The monoisotopic (exact) mass is 483 g/mol. The molecular weight excluding hydrogens is 426 g/mol. The summed E-state index contributed by atoms with van der Waals surface area (Å²) in [7, 11) is 0. The predicted octanol–water partition coefficient (Wildman–Crippen LogP) is 6.58. The largest absolute Gasteiger partial charge is 0.394 e. The molecule has 3 unspecified atom stereocenters. The summed E-state index contributed by atoms with van der Waals surface area (Å²) < 4.78 is 0. The Morgan fingerprint density at radius 2 is 1.15 bits per heavy atom. The fourth-order valence-corrected chi connectivity index (χ4v) is 4.25. The van der Waals surface area contributed by atoms with Crippen molar-refractivity contribution in [1.82, 2.24) is 5.32 Å². The first-order chi connectivity index (χ1) is 16.6. The van der Waals surface area contributed by atoms with E-state index in [0.717, 1.165) is 19.3 Å². The zero-order valence-corrected chi connectivity index (χ0v) is 22.5. The summed E-state index contributed by atoms with van der Waals surface area (Å²) in [5.41, 5.74) is 0. The summed E-state index contributed by atoms with van der Waals surface area (Å²) >= 11 is 0. The second kappa shape index (κ2) is 25.2. The highest BCUT2D eigenvalue weighted by molar-refractivity contribution is 5.80. The third kappa shape index (κ3) is 20.5. The van der Waals surface area contributed by atoms with Crippen LogP contribution in [-0.2, 0) is 4.79 Å². The van der Waals surface area contributed by atoms with Crippen LogP contribution in [0.2, 0.25) is 0 Å². The Morgan fingerprint density at radius 3 is 1.68 bits per heavy atom. The van der Waals surface area contributed by atoms with E-state index in [1.54, 1.807) is 0 Å². The fourth-order valence-electron chi connectivity index (χ4n) is 4.25. The number of hydrogen-bond donors (Lipinski definition) is 4. The summed E-state index contributed by atoms with van der Waals surface area (Å²) in [6, 6.07) is -0.719. The number of unbranched alkanes of at least 4 members (excludes halogenated alkanes) is 15. The Hall–Kier alpha value is -0.910. The van der Waals surface area contributed by atoms with Gasteiger partial charge in [0.1, 0.15) is 6.10 Å². The summed E-state index contributed by atoms with van der Waals surface area (Å²) in [5.74, 6) is -0.510. The number of rotatable bonds is 25. The second-order valence-corrected chi connectivity index (χ2v) is 9.96. The molecule has 0 heterocycles. The molecule has 5 nitrogen and oxygen atoms in total. The first-order valence-corrected chi connectivity index (χ1v) is 14.5. The number of aliphatic hydroxyl groups is 3. The average molecular weight is 484 g/mol. The minimum atomic E-state index is -1.11. The van der Waals surface area contributed by atoms with Crippen molar-refractivity contribution in [2.45, 2.75) is 161 Å². The lowest BCUT2D eigenvalue weighted by atomic mass is 10.0. The van der Waals surface area contributed by atoms with Crippen LogP contribution in [0.5, 0.6) is 0 Å². The van der Waals surface area contributed by atoms with Gasteiger partial charge in [-0.1, -0.05) is 122 Å². The van der Waals surface area contributed by atoms with Gasteiger partial charge in [-0.2, -0.15) is 0 Å². The predicted molar refractivity (Wildman–Crippen MR) is 144 cm³/mol. The molecule has 1 amide bonds. The lowest BCUT2D eigenvalue weighted by molar-refractivity contribution is -0.131. The minimum absolute atomic E-state index is 0.324. The van der Waals surface area contributed by atoms with Crippen molar-refractivity contribution in [3.8, 4) is 0 Å². The minimum Gasteiger partial charge on any atom is -0.394 e. The van der Waals surface area contributed by atoms with E-state index in [0.29, 0.717) is 19.3 Å². The molecule has 0 aromatic heterocycles. The SMILES string of the molecule is CCCCCC/C=C\CCC(O)C(=O)NC(CO)C(O)CCCCCCCCCCCCCC. The normalized spacial score (nSPS) is 14.4. The Labute approximate surface area is 210 Å². The van der Waals surface area contributed by atoms with Crippen LogP contribution in [0.25, 0.3) is 0 Å². The van der Waals surface area contributed by atoms with Crippen LogP contribution in [0.4, 0.5) is 0 Å². The van der Waals surface area contributed by atoms with Gasteiger partial charge in [0.15, 0.2) is 0 Å². The Kier molecular flexibility index (Phi) is 24.5. The molecule has 0 saturated carbocycles. The molecule has 0 rings (SSSR count). The lowest BCUT2D eigenvalue weighted by Gasteiger charge is -2.23. The molecule has 4 N–H and O–H groups in total. The molecule has 0 aromatic rings. The summed E-state index contributed by atoms with van der Waals surface area (Å²) in [6.45, 7) is 4.12. The van der Waals surface area contributed by atoms with E-state index in [-0.39, 0.29) is 6.61 Å². The standard InChI is InChI=1S/C29H57NO4/c1-3-5-7-9-11-13-14-15-16-18-19-21-23-27(32)26(25-31)30-29(34)28(33)24-22-20-17-12-10-8-6-4-2/h17,20,26-28,31-33H,3-16,18-19,21-25H2,1-2H3,(H,30,34)/b20-17-. The second-order valence-electron chi connectivity index (χ2n) is 9.96. The molecule has 202 valence electrons. The van der Waals surface area contributed by atoms with Gasteiger partial charge in [-0.05, 0) is 32.1 Å².